The van der Waals surface area contributed by atoms with Crippen molar-refractivity contribution in [1.29, 1.82) is 0 Å². The number of nitrogens with one attached hydrogen (secondary N) is 1. The molecule has 2 N–H and O–H groups in total. The van der Waals surface area contributed by atoms with Gasteiger partial charge in [-0.25, -0.2) is 0 Å². The lowest BCUT2D eigenvalue weighted by molar-refractivity contribution is -0.384. The fourth-order valence-corrected chi connectivity index (χ4v) is 2.12. The third kappa shape index (κ3) is 2.62. The van der Waals surface area contributed by atoms with E-state index in [1.165, 1.54) is 31.3 Å². The van der Waals surface area contributed by atoms with Crippen LogP contribution in [0.4, 0.5) is 5.69 Å². The smallest absolute Gasteiger partial charge is 0.306 e. The van der Waals surface area contributed by atoms with Crippen molar-refractivity contribution >= 4 is 28.3 Å². The van der Waals surface area contributed by atoms with Gasteiger partial charge in [0.15, 0.2) is 5.78 Å². The van der Waals surface area contributed by atoms with E-state index in [-0.39, 0.29) is 11.5 Å². The van der Waals surface area contributed by atoms with Crippen molar-refractivity contribution in [2.75, 3.05) is 0 Å². The summed E-state index contributed by atoms with van der Waals surface area (Å²) in [6.07, 6.45) is 1.46. The minimum Gasteiger partial charge on any atom is -0.481 e. The zero-order valence-corrected chi connectivity index (χ0v) is 11.5. The molecule has 7 nitrogen and oxygen atoms in total. The van der Waals surface area contributed by atoms with Crippen LogP contribution in [0.3, 0.4) is 0 Å². The van der Waals surface area contributed by atoms with Crippen LogP contribution in [0.1, 0.15) is 24.2 Å². The van der Waals surface area contributed by atoms with E-state index in [1.54, 1.807) is 6.92 Å². The maximum atomic E-state index is 12.4. The van der Waals surface area contributed by atoms with Gasteiger partial charge >= 0.3 is 5.97 Å². The predicted molar refractivity (Wildman–Crippen MR) is 75.2 cm³/mol. The largest absolute Gasteiger partial charge is 0.481 e. The van der Waals surface area contributed by atoms with Crippen LogP contribution in [0.25, 0.3) is 10.9 Å². The van der Waals surface area contributed by atoms with Gasteiger partial charge in [-0.3, -0.25) is 19.7 Å². The quantitative estimate of drug-likeness (QED) is 0.499. The summed E-state index contributed by atoms with van der Waals surface area (Å²) in [5.74, 6) is -2.83. The first-order valence-electron chi connectivity index (χ1n) is 6.35. The molecule has 0 amide bonds. The monoisotopic (exact) mass is 290 g/mol. The molecule has 1 aromatic carbocycles. The molecule has 0 bridgehead atoms. The van der Waals surface area contributed by atoms with E-state index in [1.807, 2.05) is 0 Å². The SMILES string of the molecule is CC(C(=O)O)C(C)C(=O)c1c[nH]c2cc([N+](=O)[O-])ccc12. The van der Waals surface area contributed by atoms with E-state index >= 15 is 0 Å². The Morgan fingerprint density at radius 2 is 1.95 bits per heavy atom. The van der Waals surface area contributed by atoms with Gasteiger partial charge in [0.25, 0.3) is 5.69 Å². The summed E-state index contributed by atoms with van der Waals surface area (Å²) in [6.45, 7) is 3.04. The zero-order valence-electron chi connectivity index (χ0n) is 11.5. The second-order valence-electron chi connectivity index (χ2n) is 4.97. The molecule has 7 heteroatoms. The minimum absolute atomic E-state index is 0.0738. The summed E-state index contributed by atoms with van der Waals surface area (Å²) in [5.41, 5.74) is 0.749. The first kappa shape index (κ1) is 14.7. The summed E-state index contributed by atoms with van der Waals surface area (Å²) >= 11 is 0. The van der Waals surface area contributed by atoms with Crippen LogP contribution < -0.4 is 0 Å². The Bertz CT molecular complexity index is 734. The van der Waals surface area contributed by atoms with Crippen LogP contribution in [0.15, 0.2) is 24.4 Å². The Balaban J connectivity index is 2.41. The third-order valence-electron chi connectivity index (χ3n) is 3.69. The number of carboxylic acid groups (broad SMARTS) is 1. The van der Waals surface area contributed by atoms with Crippen molar-refractivity contribution in [3.8, 4) is 0 Å². The Hall–Kier alpha value is -2.70. The van der Waals surface area contributed by atoms with Gasteiger partial charge in [-0.05, 0) is 6.07 Å². The number of rotatable bonds is 5. The fraction of sp³-hybridized carbons (Fsp3) is 0.286. The highest BCUT2D eigenvalue weighted by atomic mass is 16.6. The van der Waals surface area contributed by atoms with Crippen LogP contribution in [0.2, 0.25) is 0 Å². The van der Waals surface area contributed by atoms with Gasteiger partial charge in [-0.1, -0.05) is 13.8 Å². The molecule has 2 aromatic rings. The molecule has 0 radical (unpaired) electrons. The van der Waals surface area contributed by atoms with Gasteiger partial charge in [0, 0.05) is 35.2 Å². The van der Waals surface area contributed by atoms with Crippen LogP contribution >= 0.6 is 0 Å². The number of carbonyl (C=O) groups is 2. The van der Waals surface area contributed by atoms with Crippen molar-refractivity contribution in [2.45, 2.75) is 13.8 Å². The number of nitrogens with zero attached hydrogens (tertiary/aromatic N) is 1. The van der Waals surface area contributed by atoms with Gasteiger partial charge in [-0.2, -0.15) is 0 Å². The van der Waals surface area contributed by atoms with E-state index < -0.39 is 22.7 Å². The molecule has 0 saturated heterocycles. The van der Waals surface area contributed by atoms with Crippen molar-refractivity contribution in [2.24, 2.45) is 11.8 Å². The molecule has 2 rings (SSSR count). The van der Waals surface area contributed by atoms with E-state index in [2.05, 4.69) is 4.98 Å². The highest BCUT2D eigenvalue weighted by Crippen LogP contribution is 2.26. The number of fused-ring (bicyclic) bond motifs is 1. The number of ketones is 1. The molecule has 2 atom stereocenters. The van der Waals surface area contributed by atoms with Crippen LogP contribution in [-0.2, 0) is 4.79 Å². The lowest BCUT2D eigenvalue weighted by Gasteiger charge is -2.14. The maximum Gasteiger partial charge on any atom is 0.306 e. The van der Waals surface area contributed by atoms with E-state index in [4.69, 9.17) is 5.11 Å². The van der Waals surface area contributed by atoms with E-state index in [9.17, 15) is 19.7 Å². The Morgan fingerprint density at radius 3 is 2.52 bits per heavy atom. The molecule has 110 valence electrons. The van der Waals surface area contributed by atoms with Gasteiger partial charge in [0.05, 0.1) is 16.4 Å². The summed E-state index contributed by atoms with van der Waals surface area (Å²) in [7, 11) is 0. The summed E-state index contributed by atoms with van der Waals surface area (Å²) < 4.78 is 0. The number of aliphatic carboxylic acids is 1. The number of benzene rings is 1. The molecule has 0 aliphatic carbocycles. The number of hydrogen-bond donors (Lipinski definition) is 2. The number of nitro benzene ring substituents is 1. The van der Waals surface area contributed by atoms with Crippen molar-refractivity contribution in [3.63, 3.8) is 0 Å². The lowest BCUT2D eigenvalue weighted by Crippen LogP contribution is -2.25. The summed E-state index contributed by atoms with van der Waals surface area (Å²) in [5, 5.41) is 20.2. The molecule has 0 aliphatic rings. The van der Waals surface area contributed by atoms with Crippen molar-refractivity contribution < 1.29 is 19.6 Å². The van der Waals surface area contributed by atoms with Crippen molar-refractivity contribution in [3.05, 3.63) is 40.1 Å². The fourth-order valence-electron chi connectivity index (χ4n) is 2.12. The third-order valence-corrected chi connectivity index (χ3v) is 3.69. The molecule has 2 unspecified atom stereocenters. The average Bonchev–Trinajstić information content (AvgIpc) is 2.87. The summed E-state index contributed by atoms with van der Waals surface area (Å²) in [6, 6.07) is 4.16. The van der Waals surface area contributed by atoms with Crippen LogP contribution in [0.5, 0.6) is 0 Å². The zero-order chi connectivity index (χ0) is 15.7. The Kier molecular flexibility index (Phi) is 3.75. The maximum absolute atomic E-state index is 12.4. The van der Waals surface area contributed by atoms with Crippen molar-refractivity contribution in [1.82, 2.24) is 4.98 Å². The number of aromatic nitrogens is 1. The number of non-ortho nitro benzene ring substituents is 1. The topological polar surface area (TPSA) is 113 Å². The number of H-pyrrole nitrogens is 1. The molecule has 0 saturated carbocycles. The first-order valence-corrected chi connectivity index (χ1v) is 6.35. The van der Waals surface area contributed by atoms with Gasteiger partial charge in [0.1, 0.15) is 0 Å². The molecule has 0 spiro atoms. The number of nitro groups is 1. The van der Waals surface area contributed by atoms with Crippen LogP contribution in [0, 0.1) is 22.0 Å². The molecular formula is C14H14N2O5. The number of Topliss-reactive ketones (excluding diaryl/α,β-unsaturated/α-hetero) is 1. The Morgan fingerprint density at radius 1 is 1.29 bits per heavy atom. The molecule has 1 aromatic heterocycles. The van der Waals surface area contributed by atoms with Gasteiger partial charge < -0.3 is 10.1 Å². The lowest BCUT2D eigenvalue weighted by atomic mass is 9.88. The normalized spacial score (nSPS) is 13.8. The Labute approximate surface area is 119 Å². The van der Waals surface area contributed by atoms with Gasteiger partial charge in [-0.15, -0.1) is 0 Å². The second kappa shape index (κ2) is 5.35. The van der Waals surface area contributed by atoms with Crippen LogP contribution in [-0.4, -0.2) is 26.8 Å². The predicted octanol–water partition coefficient (Wildman–Crippen LogP) is 2.62. The molecule has 0 fully saturated rings. The number of aromatic amines is 1. The van der Waals surface area contributed by atoms with E-state index in [0.717, 1.165) is 0 Å². The molecule has 1 heterocycles. The minimum atomic E-state index is -1.04. The number of carboxylic acids is 1. The van der Waals surface area contributed by atoms with Gasteiger partial charge in [0.2, 0.25) is 0 Å². The highest BCUT2D eigenvalue weighted by molar-refractivity contribution is 6.09. The molecular weight excluding hydrogens is 276 g/mol. The highest BCUT2D eigenvalue weighted by Gasteiger charge is 2.28. The standard InChI is InChI=1S/C14H14N2O5/c1-7(8(2)14(18)19)13(17)11-6-15-12-5-9(16(20)21)3-4-10(11)12/h3-8,15H,1-2H3,(H,18,19). The second-order valence-corrected chi connectivity index (χ2v) is 4.97. The number of hydrogen-bond acceptors (Lipinski definition) is 4. The molecule has 21 heavy (non-hydrogen) atoms. The average molecular weight is 290 g/mol. The summed E-state index contributed by atoms with van der Waals surface area (Å²) in [4.78, 5) is 36.3. The van der Waals surface area contributed by atoms with E-state index in [0.29, 0.717) is 16.5 Å². The molecule has 0 aliphatic heterocycles. The first-order chi connectivity index (χ1) is 9.82. The number of carbonyl (C=O) groups excluding carboxylic acids is 1.